The lowest BCUT2D eigenvalue weighted by Gasteiger charge is -2.16. The number of hydrogen-bond acceptors (Lipinski definition) is 0. The van der Waals surface area contributed by atoms with Crippen molar-refractivity contribution in [2.45, 2.75) is 20.8 Å². The second-order valence-electron chi connectivity index (χ2n) is 4.69. The minimum atomic E-state index is -0.224. The molecule has 0 aliphatic heterocycles. The van der Waals surface area contributed by atoms with E-state index in [9.17, 15) is 0 Å². The van der Waals surface area contributed by atoms with E-state index in [4.69, 9.17) is 0 Å². The average molecular weight is 256 g/mol. The first-order chi connectivity index (χ1) is 8.08. The first-order valence-corrected chi connectivity index (χ1v) is 7.74. The molecule has 1 atom stereocenters. The second-order valence-corrected chi connectivity index (χ2v) is 6.81. The highest BCUT2D eigenvalue weighted by molar-refractivity contribution is 7.72. The Morgan fingerprint density at radius 3 is 1.94 bits per heavy atom. The first-order valence-electron chi connectivity index (χ1n) is 5.95. The molecule has 0 aliphatic rings. The molecule has 2 rings (SSSR count). The molecular weight excluding hydrogens is 234 g/mol. The quantitative estimate of drug-likeness (QED) is 0.572. The lowest BCUT2D eigenvalue weighted by Crippen LogP contribution is -2.14. The molecule has 18 heavy (non-hydrogen) atoms. The van der Waals surface area contributed by atoms with Gasteiger partial charge in [-0.3, -0.25) is 0 Å². The van der Waals surface area contributed by atoms with Crippen molar-refractivity contribution in [1.82, 2.24) is 0 Å². The van der Waals surface area contributed by atoms with Gasteiger partial charge in [0.25, 0.3) is 0 Å². The van der Waals surface area contributed by atoms with Gasteiger partial charge in [-0.1, -0.05) is 53.6 Å². The van der Waals surface area contributed by atoms with Crippen LogP contribution < -0.4 is 10.6 Å². The molecule has 94 valence electrons. The third kappa shape index (κ3) is 3.24. The molecule has 0 saturated heterocycles. The van der Waals surface area contributed by atoms with Gasteiger partial charge < -0.3 is 0 Å². The van der Waals surface area contributed by atoms with Crippen molar-refractivity contribution >= 4 is 26.9 Å². The molecule has 0 saturated carbocycles. The number of hydrogen-bond donors (Lipinski definition) is 0. The van der Waals surface area contributed by atoms with Crippen LogP contribution in [0.3, 0.4) is 0 Å². The summed E-state index contributed by atoms with van der Waals surface area (Å²) in [6.07, 6.45) is 0. The number of aryl methyl sites for hydroxylation is 3. The maximum absolute atomic E-state index is 2.35. The largest absolute Gasteiger partial charge is 0.0814 e. The molecule has 0 N–H and O–H groups in total. The van der Waals surface area contributed by atoms with Gasteiger partial charge in [-0.2, -0.15) is 0 Å². The van der Waals surface area contributed by atoms with Crippen LogP contribution in [0.1, 0.15) is 16.7 Å². The molecule has 0 heterocycles. The third-order valence-electron chi connectivity index (χ3n) is 3.07. The highest BCUT2D eigenvalue weighted by Gasteiger charge is 2.10. The minimum absolute atomic E-state index is 0. The highest BCUT2D eigenvalue weighted by atomic mass is 31.1. The van der Waals surface area contributed by atoms with Gasteiger partial charge in [0.05, 0.1) is 8.41 Å². The molecule has 2 heteroatoms. The molecule has 0 amide bonds. The van der Waals surface area contributed by atoms with E-state index < -0.39 is 0 Å². The minimum Gasteiger partial charge on any atom is -0.0620 e. The molecule has 0 aromatic heterocycles. The van der Waals surface area contributed by atoms with Gasteiger partial charge in [0, 0.05) is 0 Å². The Morgan fingerprint density at radius 2 is 1.39 bits per heavy atom. The number of benzene rings is 2. The van der Waals surface area contributed by atoms with Gasteiger partial charge in [0.15, 0.2) is 0 Å². The van der Waals surface area contributed by atoms with E-state index in [1.807, 2.05) is 0 Å². The van der Waals surface area contributed by atoms with Crippen molar-refractivity contribution < 1.29 is 0 Å². The van der Waals surface area contributed by atoms with Crippen LogP contribution in [0.15, 0.2) is 42.5 Å². The van der Waals surface area contributed by atoms with Gasteiger partial charge in [-0.05, 0) is 51.5 Å². The van der Waals surface area contributed by atoms with E-state index in [-0.39, 0.29) is 16.3 Å². The van der Waals surface area contributed by atoms with Crippen LogP contribution in [-0.2, 0) is 0 Å². The predicted molar refractivity (Wildman–Crippen MR) is 89.1 cm³/mol. The van der Waals surface area contributed by atoms with Crippen LogP contribution in [0.5, 0.6) is 0 Å². The van der Waals surface area contributed by atoms with Crippen LogP contribution in [-0.4, -0.2) is 15.1 Å². The van der Waals surface area contributed by atoms with Crippen molar-refractivity contribution in [3.63, 3.8) is 0 Å². The Hall–Kier alpha value is -1.07. The SMILES string of the molecule is B.Cc1cc(C)cc(P(C)c2ccccc2C)c1. The molecule has 1 unspecified atom stereocenters. The first kappa shape index (κ1) is 15.0. The van der Waals surface area contributed by atoms with Crippen molar-refractivity contribution in [1.29, 1.82) is 0 Å². The van der Waals surface area contributed by atoms with Crippen molar-refractivity contribution in [3.8, 4) is 0 Å². The second kappa shape index (κ2) is 6.20. The Kier molecular flexibility index (Phi) is 5.17. The van der Waals surface area contributed by atoms with Crippen molar-refractivity contribution in [3.05, 3.63) is 59.2 Å². The highest BCUT2D eigenvalue weighted by Crippen LogP contribution is 2.30. The van der Waals surface area contributed by atoms with Gasteiger partial charge in [-0.15, -0.1) is 0 Å². The summed E-state index contributed by atoms with van der Waals surface area (Å²) in [6.45, 7) is 8.91. The molecule has 2 aromatic rings. The molecule has 0 spiro atoms. The molecule has 2 aromatic carbocycles. The van der Waals surface area contributed by atoms with E-state index in [1.165, 1.54) is 27.3 Å². The fraction of sp³-hybridized carbons (Fsp3) is 0.250. The van der Waals surface area contributed by atoms with Gasteiger partial charge in [0.2, 0.25) is 0 Å². The van der Waals surface area contributed by atoms with Crippen molar-refractivity contribution in [2.75, 3.05) is 6.66 Å². The summed E-state index contributed by atoms with van der Waals surface area (Å²) in [4.78, 5) is 0. The normalized spacial score (nSPS) is 11.8. The van der Waals surface area contributed by atoms with Crippen molar-refractivity contribution in [2.24, 2.45) is 0 Å². The molecule has 0 aliphatic carbocycles. The zero-order valence-corrected chi connectivity index (χ0v) is 11.9. The summed E-state index contributed by atoms with van der Waals surface area (Å²) in [6, 6.07) is 15.6. The van der Waals surface area contributed by atoms with E-state index in [1.54, 1.807) is 0 Å². The zero-order chi connectivity index (χ0) is 12.4. The summed E-state index contributed by atoms with van der Waals surface area (Å²) < 4.78 is 0. The summed E-state index contributed by atoms with van der Waals surface area (Å²) >= 11 is 0. The molecule has 0 nitrogen and oxygen atoms in total. The summed E-state index contributed by atoms with van der Waals surface area (Å²) in [7, 11) is -0.224. The molecule has 0 radical (unpaired) electrons. The molecular formula is C16H22BP. The van der Waals surface area contributed by atoms with E-state index in [0.29, 0.717) is 0 Å². The van der Waals surface area contributed by atoms with Gasteiger partial charge in [0.1, 0.15) is 0 Å². The summed E-state index contributed by atoms with van der Waals surface area (Å²) in [5, 5.41) is 2.97. The van der Waals surface area contributed by atoms with Gasteiger partial charge in [-0.25, -0.2) is 0 Å². The van der Waals surface area contributed by atoms with Crippen LogP contribution in [0, 0.1) is 20.8 Å². The topological polar surface area (TPSA) is 0 Å². The maximum Gasteiger partial charge on any atom is 0.0814 e. The van der Waals surface area contributed by atoms with E-state index in [2.05, 4.69) is 69.9 Å². The van der Waals surface area contributed by atoms with Crippen LogP contribution >= 0.6 is 7.92 Å². The monoisotopic (exact) mass is 256 g/mol. The maximum atomic E-state index is 2.35. The van der Waals surface area contributed by atoms with E-state index in [0.717, 1.165) is 0 Å². The Morgan fingerprint density at radius 1 is 0.833 bits per heavy atom. The number of rotatable bonds is 2. The Bertz CT molecular complexity index is 514. The Labute approximate surface area is 114 Å². The summed E-state index contributed by atoms with van der Waals surface area (Å²) in [5.41, 5.74) is 4.13. The fourth-order valence-corrected chi connectivity index (χ4v) is 4.21. The van der Waals surface area contributed by atoms with Crippen LogP contribution in [0.25, 0.3) is 0 Å². The van der Waals surface area contributed by atoms with Crippen LogP contribution in [0.4, 0.5) is 0 Å². The standard InChI is InChI=1S/C16H19P.BH3/c1-12-9-13(2)11-15(10-12)17(4)16-8-6-5-7-14(16)3;/h5-11H,1-4H3;1H3. The Balaban J connectivity index is 0.00000162. The van der Waals surface area contributed by atoms with Gasteiger partial charge >= 0.3 is 0 Å². The lowest BCUT2D eigenvalue weighted by molar-refractivity contribution is 1.40. The molecule has 0 bridgehead atoms. The average Bonchev–Trinajstić information content (AvgIpc) is 2.27. The third-order valence-corrected chi connectivity index (χ3v) is 5.33. The fourth-order valence-electron chi connectivity index (χ4n) is 2.22. The lowest BCUT2D eigenvalue weighted by atomic mass is 10.2. The zero-order valence-electron chi connectivity index (χ0n) is 11.0. The summed E-state index contributed by atoms with van der Waals surface area (Å²) in [5.74, 6) is 0. The predicted octanol–water partition coefficient (Wildman–Crippen LogP) is 2.49. The van der Waals surface area contributed by atoms with E-state index >= 15 is 0 Å². The van der Waals surface area contributed by atoms with Crippen LogP contribution in [0.2, 0.25) is 0 Å². The molecule has 0 fully saturated rings. The smallest absolute Gasteiger partial charge is 0.0620 e.